The van der Waals surface area contributed by atoms with Gasteiger partial charge in [-0.15, -0.1) is 11.8 Å². The molecule has 0 saturated heterocycles. The van der Waals surface area contributed by atoms with Crippen molar-refractivity contribution in [3.05, 3.63) is 59.2 Å². The number of nitriles is 1. The van der Waals surface area contributed by atoms with Crippen LogP contribution in [-0.4, -0.2) is 37.1 Å². The SMILES string of the molecule is COc1ccc(C(C)=O)cc1CSCC(=O)OCC(=O)Nc1cccc(C#N)c1. The molecule has 1 amide bonds. The largest absolute Gasteiger partial charge is 0.496 e. The summed E-state index contributed by atoms with van der Waals surface area (Å²) in [6.45, 7) is 1.07. The second-order valence-corrected chi connectivity index (χ2v) is 6.96. The molecule has 8 heteroatoms. The Hall–Kier alpha value is -3.31. The first-order chi connectivity index (χ1) is 13.9. The Morgan fingerprint density at radius 1 is 1.17 bits per heavy atom. The van der Waals surface area contributed by atoms with E-state index in [1.54, 1.807) is 36.4 Å². The molecule has 0 fully saturated rings. The molecule has 0 unspecified atom stereocenters. The van der Waals surface area contributed by atoms with Crippen LogP contribution in [0.4, 0.5) is 5.69 Å². The van der Waals surface area contributed by atoms with Gasteiger partial charge < -0.3 is 14.8 Å². The summed E-state index contributed by atoms with van der Waals surface area (Å²) in [7, 11) is 1.54. The number of anilines is 1. The molecule has 0 aliphatic carbocycles. The first kappa shape index (κ1) is 22.0. The van der Waals surface area contributed by atoms with E-state index in [9.17, 15) is 14.4 Å². The molecule has 7 nitrogen and oxygen atoms in total. The molecule has 0 bridgehead atoms. The number of rotatable bonds is 9. The van der Waals surface area contributed by atoms with Crippen molar-refractivity contribution in [2.75, 3.05) is 24.8 Å². The molecule has 0 aromatic heterocycles. The number of carbonyl (C=O) groups is 3. The molecule has 0 saturated carbocycles. The van der Waals surface area contributed by atoms with Crippen LogP contribution in [0, 0.1) is 11.3 Å². The fourth-order valence-corrected chi connectivity index (χ4v) is 3.20. The van der Waals surface area contributed by atoms with Gasteiger partial charge in [0.15, 0.2) is 12.4 Å². The van der Waals surface area contributed by atoms with E-state index < -0.39 is 18.5 Å². The maximum Gasteiger partial charge on any atom is 0.316 e. The standard InChI is InChI=1S/C21H20N2O5S/c1-14(24)16-6-7-19(27-2)17(9-16)12-29-13-21(26)28-11-20(25)23-18-5-3-4-15(8-18)10-22/h3-9H,11-13H2,1-2H3,(H,23,25). The number of hydrogen-bond acceptors (Lipinski definition) is 7. The summed E-state index contributed by atoms with van der Waals surface area (Å²) in [5.41, 5.74) is 2.24. The smallest absolute Gasteiger partial charge is 0.316 e. The van der Waals surface area contributed by atoms with Crippen molar-refractivity contribution in [3.63, 3.8) is 0 Å². The molecular weight excluding hydrogens is 392 g/mol. The molecule has 0 aliphatic rings. The second-order valence-electron chi connectivity index (χ2n) is 5.98. The molecular formula is C21H20N2O5S. The van der Waals surface area contributed by atoms with Gasteiger partial charge in [-0.1, -0.05) is 6.07 Å². The predicted molar refractivity (Wildman–Crippen MR) is 110 cm³/mol. The van der Waals surface area contributed by atoms with Gasteiger partial charge in [0.25, 0.3) is 5.91 Å². The molecule has 29 heavy (non-hydrogen) atoms. The van der Waals surface area contributed by atoms with Gasteiger partial charge in [-0.2, -0.15) is 5.26 Å². The van der Waals surface area contributed by atoms with Crippen LogP contribution in [0.2, 0.25) is 0 Å². The zero-order chi connectivity index (χ0) is 21.2. The van der Waals surface area contributed by atoms with Gasteiger partial charge in [0, 0.05) is 22.6 Å². The average Bonchev–Trinajstić information content (AvgIpc) is 2.72. The van der Waals surface area contributed by atoms with Crippen LogP contribution in [-0.2, 0) is 20.1 Å². The zero-order valence-electron chi connectivity index (χ0n) is 16.1. The molecule has 2 aromatic carbocycles. The van der Waals surface area contributed by atoms with Crippen LogP contribution in [0.15, 0.2) is 42.5 Å². The van der Waals surface area contributed by atoms with Gasteiger partial charge in [-0.25, -0.2) is 0 Å². The van der Waals surface area contributed by atoms with Gasteiger partial charge >= 0.3 is 5.97 Å². The van der Waals surface area contributed by atoms with Crippen LogP contribution in [0.5, 0.6) is 5.75 Å². The van der Waals surface area contributed by atoms with E-state index in [-0.39, 0.29) is 11.5 Å². The van der Waals surface area contributed by atoms with Crippen LogP contribution in [0.1, 0.15) is 28.4 Å². The Balaban J connectivity index is 1.78. The third-order valence-electron chi connectivity index (χ3n) is 3.80. The highest BCUT2D eigenvalue weighted by atomic mass is 32.2. The first-order valence-corrected chi connectivity index (χ1v) is 9.79. The average molecular weight is 412 g/mol. The van der Waals surface area contributed by atoms with Crippen molar-refractivity contribution in [1.29, 1.82) is 5.26 Å². The lowest BCUT2D eigenvalue weighted by atomic mass is 10.1. The molecule has 2 aromatic rings. The first-order valence-electron chi connectivity index (χ1n) is 8.64. The molecule has 2 rings (SSSR count). The van der Waals surface area contributed by atoms with E-state index in [1.165, 1.54) is 31.9 Å². The second kappa shape index (κ2) is 10.9. The zero-order valence-corrected chi connectivity index (χ0v) is 16.9. The van der Waals surface area contributed by atoms with E-state index in [0.29, 0.717) is 28.3 Å². The van der Waals surface area contributed by atoms with E-state index >= 15 is 0 Å². The summed E-state index contributed by atoms with van der Waals surface area (Å²) in [4.78, 5) is 35.3. The van der Waals surface area contributed by atoms with Crippen molar-refractivity contribution in [2.45, 2.75) is 12.7 Å². The van der Waals surface area contributed by atoms with Crippen LogP contribution in [0.3, 0.4) is 0 Å². The molecule has 0 heterocycles. The highest BCUT2D eigenvalue weighted by Gasteiger charge is 2.11. The summed E-state index contributed by atoms with van der Waals surface area (Å²) in [5, 5.41) is 11.4. The van der Waals surface area contributed by atoms with Crippen LogP contribution < -0.4 is 10.1 Å². The number of esters is 1. The van der Waals surface area contributed by atoms with E-state index in [1.807, 2.05) is 6.07 Å². The minimum atomic E-state index is -0.530. The Labute approximate surface area is 173 Å². The van der Waals surface area contributed by atoms with E-state index in [4.69, 9.17) is 14.7 Å². The summed E-state index contributed by atoms with van der Waals surface area (Å²) in [6.07, 6.45) is 0. The molecule has 150 valence electrons. The summed E-state index contributed by atoms with van der Waals surface area (Å²) in [6, 6.07) is 13.6. The third kappa shape index (κ3) is 6.97. The number of hydrogen-bond donors (Lipinski definition) is 1. The van der Waals surface area contributed by atoms with Gasteiger partial charge in [-0.3, -0.25) is 14.4 Å². The van der Waals surface area contributed by atoms with E-state index in [0.717, 1.165) is 5.56 Å². The lowest BCUT2D eigenvalue weighted by Gasteiger charge is -2.10. The number of Topliss-reactive ketones (excluding diaryl/α,β-unsaturated/α-hetero) is 1. The Bertz CT molecular complexity index is 952. The van der Waals surface area contributed by atoms with Gasteiger partial charge in [0.1, 0.15) is 5.75 Å². The Morgan fingerprint density at radius 3 is 2.66 bits per heavy atom. The highest BCUT2D eigenvalue weighted by Crippen LogP contribution is 2.25. The predicted octanol–water partition coefficient (Wildman–Crippen LogP) is 3.18. The minimum absolute atomic E-state index is 0.0463. The number of ether oxygens (including phenoxy) is 2. The maximum atomic E-state index is 11.9. The lowest BCUT2D eigenvalue weighted by Crippen LogP contribution is -2.21. The number of carbonyl (C=O) groups excluding carboxylic acids is 3. The third-order valence-corrected chi connectivity index (χ3v) is 4.76. The molecule has 0 atom stereocenters. The molecule has 0 spiro atoms. The van der Waals surface area contributed by atoms with Gasteiger partial charge in [0.2, 0.25) is 0 Å². The fourth-order valence-electron chi connectivity index (χ4n) is 2.41. The van der Waals surface area contributed by atoms with Crippen molar-refractivity contribution in [3.8, 4) is 11.8 Å². The monoisotopic (exact) mass is 412 g/mol. The van der Waals surface area contributed by atoms with E-state index in [2.05, 4.69) is 5.32 Å². The number of thioether (sulfide) groups is 1. The van der Waals surface area contributed by atoms with Crippen molar-refractivity contribution in [2.24, 2.45) is 0 Å². The summed E-state index contributed by atoms with van der Waals surface area (Å²) >= 11 is 1.29. The molecule has 0 radical (unpaired) electrons. The van der Waals surface area contributed by atoms with Crippen molar-refractivity contribution < 1.29 is 23.9 Å². The number of methoxy groups -OCH3 is 1. The topological polar surface area (TPSA) is 105 Å². The number of nitrogens with zero attached hydrogens (tertiary/aromatic N) is 1. The fraction of sp³-hybridized carbons (Fsp3) is 0.238. The van der Waals surface area contributed by atoms with Crippen LogP contribution >= 0.6 is 11.8 Å². The number of benzene rings is 2. The number of ketones is 1. The Morgan fingerprint density at radius 2 is 1.97 bits per heavy atom. The lowest BCUT2D eigenvalue weighted by molar-refractivity contribution is -0.144. The van der Waals surface area contributed by atoms with Crippen LogP contribution in [0.25, 0.3) is 0 Å². The normalized spacial score (nSPS) is 9.97. The highest BCUT2D eigenvalue weighted by molar-refractivity contribution is 7.99. The Kier molecular flexibility index (Phi) is 8.25. The number of nitrogens with one attached hydrogen (secondary N) is 1. The molecule has 1 N–H and O–H groups in total. The molecule has 0 aliphatic heterocycles. The van der Waals surface area contributed by atoms with Gasteiger partial charge in [0.05, 0.1) is 24.5 Å². The number of amides is 1. The van der Waals surface area contributed by atoms with Gasteiger partial charge in [-0.05, 0) is 43.3 Å². The maximum absolute atomic E-state index is 11.9. The minimum Gasteiger partial charge on any atom is -0.496 e. The quantitative estimate of drug-likeness (QED) is 0.498. The van der Waals surface area contributed by atoms with Crippen molar-refractivity contribution in [1.82, 2.24) is 0 Å². The van der Waals surface area contributed by atoms with Crippen molar-refractivity contribution >= 4 is 35.1 Å². The summed E-state index contributed by atoms with van der Waals surface area (Å²) in [5.74, 6) is 0.0587. The summed E-state index contributed by atoms with van der Waals surface area (Å²) < 4.78 is 10.2.